The van der Waals surface area contributed by atoms with Crippen molar-refractivity contribution in [3.63, 3.8) is 0 Å². The Morgan fingerprint density at radius 2 is 1.95 bits per heavy atom. The molecule has 5 heteroatoms. The third-order valence-electron chi connectivity index (χ3n) is 4.14. The molecular weight excluding hydrogens is 268 g/mol. The fourth-order valence-electron chi connectivity index (χ4n) is 3.22. The van der Waals surface area contributed by atoms with E-state index >= 15 is 0 Å². The predicted molar refractivity (Wildman–Crippen MR) is 83.2 cm³/mol. The van der Waals surface area contributed by atoms with Gasteiger partial charge >= 0.3 is 12.0 Å². The van der Waals surface area contributed by atoms with Gasteiger partial charge in [-0.05, 0) is 37.0 Å². The van der Waals surface area contributed by atoms with Crippen molar-refractivity contribution in [2.45, 2.75) is 59.4 Å². The van der Waals surface area contributed by atoms with Gasteiger partial charge in [0.2, 0.25) is 0 Å². The first-order valence-electron chi connectivity index (χ1n) is 8.07. The van der Waals surface area contributed by atoms with Crippen molar-refractivity contribution in [3.05, 3.63) is 0 Å². The van der Waals surface area contributed by atoms with E-state index in [1.165, 1.54) is 0 Å². The number of likely N-dealkylation sites (tertiary alicyclic amines) is 1. The van der Waals surface area contributed by atoms with Crippen LogP contribution >= 0.6 is 0 Å². The number of urea groups is 1. The molecule has 2 amide bonds. The standard InChI is InChI=1S/C16H30N2O3/c1-11(2)8-13(9-15(19)20)10-17-16(21)18-7-5-6-14(18)12(3)4/h11-14H,5-10H2,1-4H3,(H,17,21)(H,19,20)/t13-,14?/m0/s1. The van der Waals surface area contributed by atoms with E-state index in [-0.39, 0.29) is 18.4 Å². The van der Waals surface area contributed by atoms with E-state index in [9.17, 15) is 9.59 Å². The van der Waals surface area contributed by atoms with Gasteiger partial charge in [0.05, 0.1) is 0 Å². The van der Waals surface area contributed by atoms with Crippen molar-refractivity contribution in [3.8, 4) is 0 Å². The third kappa shape index (κ3) is 5.94. The number of hydrogen-bond donors (Lipinski definition) is 2. The molecule has 0 aliphatic carbocycles. The Morgan fingerprint density at radius 3 is 2.48 bits per heavy atom. The van der Waals surface area contributed by atoms with Gasteiger partial charge in [0, 0.05) is 25.6 Å². The summed E-state index contributed by atoms with van der Waals surface area (Å²) in [5.74, 6) is 0.105. The van der Waals surface area contributed by atoms with Crippen LogP contribution in [0.4, 0.5) is 4.79 Å². The first kappa shape index (κ1) is 17.8. The molecule has 1 heterocycles. The van der Waals surface area contributed by atoms with Crippen molar-refractivity contribution in [2.75, 3.05) is 13.1 Å². The van der Waals surface area contributed by atoms with Gasteiger partial charge in [-0.3, -0.25) is 4.79 Å². The second-order valence-electron chi connectivity index (χ2n) is 6.93. The first-order chi connectivity index (χ1) is 9.81. The van der Waals surface area contributed by atoms with Gasteiger partial charge < -0.3 is 15.3 Å². The summed E-state index contributed by atoms with van der Waals surface area (Å²) >= 11 is 0. The van der Waals surface area contributed by atoms with Crippen LogP contribution in [0.15, 0.2) is 0 Å². The molecule has 1 aliphatic rings. The minimum Gasteiger partial charge on any atom is -0.481 e. The molecule has 0 radical (unpaired) electrons. The summed E-state index contributed by atoms with van der Waals surface area (Å²) in [5.41, 5.74) is 0. The fraction of sp³-hybridized carbons (Fsp3) is 0.875. The Balaban J connectivity index is 2.50. The zero-order valence-corrected chi connectivity index (χ0v) is 13.8. The van der Waals surface area contributed by atoms with Gasteiger partial charge in [0.25, 0.3) is 0 Å². The molecule has 1 fully saturated rings. The third-order valence-corrected chi connectivity index (χ3v) is 4.14. The summed E-state index contributed by atoms with van der Waals surface area (Å²) in [4.78, 5) is 25.1. The molecule has 0 saturated carbocycles. The van der Waals surface area contributed by atoms with Gasteiger partial charge in [0.15, 0.2) is 0 Å². The number of carboxylic acid groups (broad SMARTS) is 1. The van der Waals surface area contributed by atoms with Crippen molar-refractivity contribution in [1.82, 2.24) is 10.2 Å². The van der Waals surface area contributed by atoms with Gasteiger partial charge in [-0.2, -0.15) is 0 Å². The number of carbonyl (C=O) groups is 2. The maximum Gasteiger partial charge on any atom is 0.317 e. The van der Waals surface area contributed by atoms with Crippen molar-refractivity contribution >= 4 is 12.0 Å². The highest BCUT2D eigenvalue weighted by molar-refractivity contribution is 5.75. The predicted octanol–water partition coefficient (Wildman–Crippen LogP) is 2.95. The number of carbonyl (C=O) groups excluding carboxylic acids is 1. The quantitative estimate of drug-likeness (QED) is 0.759. The van der Waals surface area contributed by atoms with Crippen LogP contribution in [0.25, 0.3) is 0 Å². The molecule has 1 rings (SSSR count). The lowest BCUT2D eigenvalue weighted by atomic mass is 9.94. The van der Waals surface area contributed by atoms with Gasteiger partial charge in [-0.15, -0.1) is 0 Å². The molecule has 21 heavy (non-hydrogen) atoms. The van der Waals surface area contributed by atoms with Crippen LogP contribution in [0, 0.1) is 17.8 Å². The Labute approximate surface area is 128 Å². The molecule has 0 bridgehead atoms. The van der Waals surface area contributed by atoms with Gasteiger partial charge in [-0.25, -0.2) is 4.79 Å². The van der Waals surface area contributed by atoms with Crippen LogP contribution in [0.5, 0.6) is 0 Å². The van der Waals surface area contributed by atoms with E-state index < -0.39 is 5.97 Å². The monoisotopic (exact) mass is 298 g/mol. The maximum atomic E-state index is 12.3. The molecule has 0 spiro atoms. The van der Waals surface area contributed by atoms with E-state index in [1.54, 1.807) is 0 Å². The SMILES string of the molecule is CC(C)C[C@H](CNC(=O)N1CCCC1C(C)C)CC(=O)O. The molecule has 1 saturated heterocycles. The number of aliphatic carboxylic acids is 1. The molecule has 5 nitrogen and oxygen atoms in total. The summed E-state index contributed by atoms with van der Waals surface area (Å²) in [6.45, 7) is 9.69. The molecular formula is C16H30N2O3. The average molecular weight is 298 g/mol. The van der Waals surface area contributed by atoms with Crippen LogP contribution < -0.4 is 5.32 Å². The second kappa shape index (κ2) is 8.25. The summed E-state index contributed by atoms with van der Waals surface area (Å²) < 4.78 is 0. The Morgan fingerprint density at radius 1 is 1.29 bits per heavy atom. The zero-order valence-electron chi connectivity index (χ0n) is 13.8. The molecule has 0 aromatic rings. The minimum absolute atomic E-state index is 0.00607. The highest BCUT2D eigenvalue weighted by Gasteiger charge is 2.31. The number of carboxylic acids is 1. The highest BCUT2D eigenvalue weighted by atomic mass is 16.4. The van der Waals surface area contributed by atoms with Crippen LogP contribution in [-0.4, -0.2) is 41.1 Å². The van der Waals surface area contributed by atoms with E-state index in [1.807, 2.05) is 4.90 Å². The van der Waals surface area contributed by atoms with Gasteiger partial charge in [-0.1, -0.05) is 27.7 Å². The molecule has 2 N–H and O–H groups in total. The lowest BCUT2D eigenvalue weighted by Gasteiger charge is -2.28. The topological polar surface area (TPSA) is 69.6 Å². The van der Waals surface area contributed by atoms with Crippen LogP contribution in [-0.2, 0) is 4.79 Å². The van der Waals surface area contributed by atoms with E-state index in [0.29, 0.717) is 24.4 Å². The molecule has 1 unspecified atom stereocenters. The Hall–Kier alpha value is -1.26. The lowest BCUT2D eigenvalue weighted by Crippen LogP contribution is -2.46. The molecule has 0 aromatic carbocycles. The minimum atomic E-state index is -0.795. The molecule has 0 aromatic heterocycles. The number of rotatable bonds is 7. The van der Waals surface area contributed by atoms with Crippen LogP contribution in [0.1, 0.15) is 53.4 Å². The average Bonchev–Trinajstić information content (AvgIpc) is 2.83. The maximum absolute atomic E-state index is 12.3. The van der Waals surface area contributed by atoms with E-state index in [2.05, 4.69) is 33.0 Å². The summed E-state index contributed by atoms with van der Waals surface area (Å²) in [7, 11) is 0. The van der Waals surface area contributed by atoms with E-state index in [0.717, 1.165) is 25.8 Å². The highest BCUT2D eigenvalue weighted by Crippen LogP contribution is 2.23. The number of nitrogens with one attached hydrogen (secondary N) is 1. The van der Waals surface area contributed by atoms with E-state index in [4.69, 9.17) is 5.11 Å². The normalized spacial score (nSPS) is 20.1. The summed E-state index contributed by atoms with van der Waals surface area (Å²) in [5, 5.41) is 11.9. The number of hydrogen-bond acceptors (Lipinski definition) is 2. The van der Waals surface area contributed by atoms with Crippen molar-refractivity contribution < 1.29 is 14.7 Å². The molecule has 2 atom stereocenters. The van der Waals surface area contributed by atoms with Crippen molar-refractivity contribution in [2.24, 2.45) is 17.8 Å². The van der Waals surface area contributed by atoms with Crippen LogP contribution in [0.2, 0.25) is 0 Å². The number of amides is 2. The lowest BCUT2D eigenvalue weighted by molar-refractivity contribution is -0.138. The largest absolute Gasteiger partial charge is 0.481 e. The first-order valence-corrected chi connectivity index (χ1v) is 8.07. The summed E-state index contributed by atoms with van der Waals surface area (Å²) in [6, 6.07) is 0.276. The number of nitrogens with zero attached hydrogens (tertiary/aromatic N) is 1. The fourth-order valence-corrected chi connectivity index (χ4v) is 3.22. The van der Waals surface area contributed by atoms with Crippen molar-refractivity contribution in [1.29, 1.82) is 0 Å². The van der Waals surface area contributed by atoms with Crippen LogP contribution in [0.3, 0.4) is 0 Å². The Bertz CT molecular complexity index is 355. The smallest absolute Gasteiger partial charge is 0.317 e. The molecule has 122 valence electrons. The summed E-state index contributed by atoms with van der Waals surface area (Å²) in [6.07, 6.45) is 3.06. The Kier molecular flexibility index (Phi) is 6.99. The second-order valence-corrected chi connectivity index (χ2v) is 6.93. The zero-order chi connectivity index (χ0) is 16.0. The van der Waals surface area contributed by atoms with Gasteiger partial charge in [0.1, 0.15) is 0 Å². The molecule has 1 aliphatic heterocycles.